The van der Waals surface area contributed by atoms with Crippen LogP contribution in [0.4, 0.5) is 20.4 Å². The van der Waals surface area contributed by atoms with Crippen LogP contribution >= 0.6 is 11.3 Å². The minimum Gasteiger partial charge on any atom is -0.491 e. The molecule has 6 N–H and O–H groups in total. The number of ether oxygens (including phenoxy) is 3. The maximum absolute atomic E-state index is 16.7. The summed E-state index contributed by atoms with van der Waals surface area (Å²) in [5.41, 5.74) is 5.76. The van der Waals surface area contributed by atoms with Crippen molar-refractivity contribution in [1.82, 2.24) is 20.5 Å². The highest BCUT2D eigenvalue weighted by Gasteiger charge is 2.76. The SMILES string of the molecule is COC(=O)[C@@H](NC(=O)N1C(=O)[C@@]2(c3cc(C#CCNC(N)=O)ccc31)[C@H](C(=O)Nc1nc3ccccc3s1)[C@H]1C(=O)O[C@H](c3ccccc3)[C@H](c3ccccc3)N1[C@@H]2c1ccccc1OCCO)C(C)C. The highest BCUT2D eigenvalue weighted by molar-refractivity contribution is 7.22. The largest absolute Gasteiger partial charge is 0.491 e. The standard InChI is InChI=1S/C53H49N7O10S/c1-30(2)41(47(63)68-3)57-52(67)59-37-25-24-31(15-14-26-55-50(54)66)29-35(37)53(49(59)65)40(46(62)58-51-56-36-21-11-13-23-39(36)71-51)43-48(64)70-44(33-18-8-5-9-19-33)42(32-16-6-4-7-17-32)60(43)45(53)34-20-10-12-22-38(34)69-28-27-61/h4-13,16-25,29-30,40-45,61H,26-28H2,1-3H3,(H,57,67)(H3,54,55,66)(H,56,58,62)/t40-,41-,42-,43-,44+,45+,53-/m0/s1. The Morgan fingerprint density at radius 1 is 0.901 bits per heavy atom. The number of anilines is 2. The second kappa shape index (κ2) is 20.1. The van der Waals surface area contributed by atoms with Crippen molar-refractivity contribution in [2.45, 2.75) is 49.5 Å². The zero-order valence-electron chi connectivity index (χ0n) is 38.7. The lowest BCUT2D eigenvalue weighted by atomic mass is 9.65. The van der Waals surface area contributed by atoms with Crippen molar-refractivity contribution in [3.63, 3.8) is 0 Å². The lowest BCUT2D eigenvalue weighted by Crippen LogP contribution is -2.57. The summed E-state index contributed by atoms with van der Waals surface area (Å²) in [4.78, 5) is 95.7. The van der Waals surface area contributed by atoms with Crippen LogP contribution in [0.15, 0.2) is 127 Å². The van der Waals surface area contributed by atoms with Gasteiger partial charge in [-0.3, -0.25) is 19.3 Å². The Kier molecular flexibility index (Phi) is 13.6. The van der Waals surface area contributed by atoms with E-state index in [2.05, 4.69) is 27.8 Å². The van der Waals surface area contributed by atoms with Gasteiger partial charge in [0.2, 0.25) is 11.8 Å². The van der Waals surface area contributed by atoms with Crippen molar-refractivity contribution in [1.29, 1.82) is 0 Å². The number of fused-ring (bicyclic) bond motifs is 4. The molecule has 0 saturated carbocycles. The molecular formula is C53H49N7O10S. The number of hydrogen-bond acceptors (Lipinski definition) is 13. The Balaban J connectivity index is 1.38. The van der Waals surface area contributed by atoms with Gasteiger partial charge in [0.15, 0.2) is 5.13 Å². The van der Waals surface area contributed by atoms with E-state index in [0.29, 0.717) is 27.8 Å². The number of carbonyl (C=O) groups is 6. The van der Waals surface area contributed by atoms with Crippen LogP contribution < -0.4 is 31.3 Å². The first kappa shape index (κ1) is 47.9. The highest BCUT2D eigenvalue weighted by atomic mass is 32.1. The number of benzene rings is 5. The molecule has 1 aromatic heterocycles. The van der Waals surface area contributed by atoms with E-state index in [4.69, 9.17) is 24.9 Å². The van der Waals surface area contributed by atoms with E-state index in [-0.39, 0.29) is 41.9 Å². The lowest BCUT2D eigenvalue weighted by Gasteiger charge is -2.46. The molecule has 5 aromatic carbocycles. The highest BCUT2D eigenvalue weighted by Crippen LogP contribution is 2.66. The number of esters is 2. The average molecular weight is 976 g/mol. The number of imide groups is 1. The molecule has 0 aliphatic carbocycles. The van der Waals surface area contributed by atoms with E-state index >= 15 is 19.2 Å². The van der Waals surface area contributed by atoms with Crippen molar-refractivity contribution >= 4 is 68.2 Å². The predicted molar refractivity (Wildman–Crippen MR) is 263 cm³/mol. The van der Waals surface area contributed by atoms with Crippen LogP contribution in [0.25, 0.3) is 10.2 Å². The number of para-hydroxylation sites is 2. The summed E-state index contributed by atoms with van der Waals surface area (Å²) in [7, 11) is 1.19. The van der Waals surface area contributed by atoms with Crippen LogP contribution in [0.1, 0.15) is 59.9 Å². The molecule has 7 atom stereocenters. The number of hydrogen-bond donors (Lipinski definition) is 5. The van der Waals surface area contributed by atoms with Crippen molar-refractivity contribution < 1.29 is 48.1 Å². The van der Waals surface area contributed by atoms with E-state index in [1.807, 2.05) is 83.8 Å². The molecular weight excluding hydrogens is 927 g/mol. The molecule has 71 heavy (non-hydrogen) atoms. The normalized spacial score (nSPS) is 21.6. The maximum Gasteiger partial charge on any atom is 0.329 e. The summed E-state index contributed by atoms with van der Waals surface area (Å²) in [6.45, 7) is 2.73. The molecule has 0 radical (unpaired) electrons. The molecule has 17 nitrogen and oxygen atoms in total. The summed E-state index contributed by atoms with van der Waals surface area (Å²) in [6.07, 6.45) is -1.02. The van der Waals surface area contributed by atoms with Crippen LogP contribution in [0.2, 0.25) is 0 Å². The quantitative estimate of drug-likeness (QED) is 0.0713. The Labute approximate surface area is 412 Å². The number of nitrogens with two attached hydrogens (primary N) is 1. The number of methoxy groups -OCH3 is 1. The molecule has 9 rings (SSSR count). The number of nitrogens with zero attached hydrogens (tertiary/aromatic N) is 3. The van der Waals surface area contributed by atoms with Gasteiger partial charge < -0.3 is 41.0 Å². The maximum atomic E-state index is 16.7. The predicted octanol–water partition coefficient (Wildman–Crippen LogP) is 5.90. The molecule has 2 saturated heterocycles. The third kappa shape index (κ3) is 8.68. The second-order valence-corrected chi connectivity index (χ2v) is 18.5. The topological polar surface area (TPSA) is 232 Å². The Morgan fingerprint density at radius 2 is 1.59 bits per heavy atom. The molecule has 6 amide bonds. The first-order valence-corrected chi connectivity index (χ1v) is 23.7. The van der Waals surface area contributed by atoms with E-state index in [0.717, 1.165) is 9.60 Å². The number of cyclic esters (lactones) is 1. The van der Waals surface area contributed by atoms with Crippen molar-refractivity contribution in [2.75, 3.05) is 37.1 Å². The van der Waals surface area contributed by atoms with Crippen molar-refractivity contribution in [3.05, 3.63) is 155 Å². The first-order valence-electron chi connectivity index (χ1n) is 22.8. The summed E-state index contributed by atoms with van der Waals surface area (Å²) in [6, 6.07) is 30.4. The molecule has 3 aliphatic rings. The summed E-state index contributed by atoms with van der Waals surface area (Å²) < 4.78 is 18.7. The lowest BCUT2D eigenvalue weighted by molar-refractivity contribution is -0.178. The number of rotatable bonds is 12. The Hall–Kier alpha value is -8.11. The molecule has 362 valence electrons. The van der Waals surface area contributed by atoms with Gasteiger partial charge in [-0.1, -0.05) is 128 Å². The third-order valence-corrected chi connectivity index (χ3v) is 14.0. The Morgan fingerprint density at radius 3 is 2.28 bits per heavy atom. The van der Waals surface area contributed by atoms with Crippen LogP contribution in [0.5, 0.6) is 5.75 Å². The number of aliphatic hydroxyl groups is 1. The van der Waals surface area contributed by atoms with Gasteiger partial charge in [-0.2, -0.15) is 0 Å². The fraction of sp³-hybridized carbons (Fsp3) is 0.264. The van der Waals surface area contributed by atoms with E-state index in [1.165, 1.54) is 24.5 Å². The fourth-order valence-corrected chi connectivity index (χ4v) is 11.0. The van der Waals surface area contributed by atoms with Gasteiger partial charge in [0, 0.05) is 11.1 Å². The second-order valence-electron chi connectivity index (χ2n) is 17.4. The number of nitrogens with one attached hydrogen (secondary N) is 3. The Bertz CT molecular complexity index is 3070. The zero-order valence-corrected chi connectivity index (χ0v) is 39.6. The summed E-state index contributed by atoms with van der Waals surface area (Å²) in [5.74, 6) is 0.568. The fourth-order valence-electron chi connectivity index (χ4n) is 10.2. The zero-order chi connectivity index (χ0) is 50.0. The van der Waals surface area contributed by atoms with Gasteiger partial charge in [-0.25, -0.2) is 24.3 Å². The number of aliphatic hydroxyl groups excluding tert-OH is 1. The molecule has 18 heteroatoms. The van der Waals surface area contributed by atoms with Gasteiger partial charge in [-0.05, 0) is 59.0 Å². The molecule has 0 unspecified atom stereocenters. The number of primary amides is 1. The first-order chi connectivity index (χ1) is 34.4. The van der Waals surface area contributed by atoms with Crippen LogP contribution in [-0.4, -0.2) is 89.8 Å². The van der Waals surface area contributed by atoms with Gasteiger partial charge in [0.1, 0.15) is 36.0 Å². The van der Waals surface area contributed by atoms with E-state index in [9.17, 15) is 14.7 Å². The van der Waals surface area contributed by atoms with Gasteiger partial charge >= 0.3 is 24.0 Å². The summed E-state index contributed by atoms with van der Waals surface area (Å²) >= 11 is 1.19. The number of amides is 6. The minimum absolute atomic E-state index is 0.0290. The number of urea groups is 2. The number of carbonyl (C=O) groups excluding carboxylic acids is 6. The number of morpholine rings is 1. The molecule has 2 fully saturated rings. The molecule has 1 spiro atoms. The minimum atomic E-state index is -2.25. The van der Waals surface area contributed by atoms with Crippen molar-refractivity contribution in [2.24, 2.45) is 17.6 Å². The van der Waals surface area contributed by atoms with Crippen LogP contribution in [-0.2, 0) is 34.1 Å². The van der Waals surface area contributed by atoms with Gasteiger partial charge in [-0.15, -0.1) is 0 Å². The van der Waals surface area contributed by atoms with E-state index < -0.39 is 83.3 Å². The molecule has 0 bridgehead atoms. The number of thiazole rings is 1. The van der Waals surface area contributed by atoms with Crippen LogP contribution in [0.3, 0.4) is 0 Å². The van der Waals surface area contributed by atoms with Gasteiger partial charge in [0.25, 0.3) is 0 Å². The average Bonchev–Trinajstić information content (AvgIpc) is 4.01. The molecule has 4 heterocycles. The van der Waals surface area contributed by atoms with Crippen molar-refractivity contribution in [3.8, 4) is 17.6 Å². The van der Waals surface area contributed by atoms with Crippen LogP contribution in [0, 0.1) is 23.7 Å². The summed E-state index contributed by atoms with van der Waals surface area (Å²) in [5, 5.41) is 18.4. The number of aromatic nitrogens is 1. The smallest absolute Gasteiger partial charge is 0.329 e. The third-order valence-electron chi connectivity index (χ3n) is 13.0. The molecule has 6 aromatic rings. The monoisotopic (exact) mass is 975 g/mol. The molecule has 3 aliphatic heterocycles. The van der Waals surface area contributed by atoms with Gasteiger partial charge in [0.05, 0.1) is 54.2 Å². The van der Waals surface area contributed by atoms with E-state index in [1.54, 1.807) is 56.3 Å².